The third kappa shape index (κ3) is 5.41. The molecule has 3 nitrogen and oxygen atoms in total. The van der Waals surface area contributed by atoms with Crippen LogP contribution in [-0.4, -0.2) is 31.1 Å². The van der Waals surface area contributed by atoms with E-state index in [9.17, 15) is 18.0 Å². The van der Waals surface area contributed by atoms with Crippen molar-refractivity contribution in [3.8, 4) is 0 Å². The highest BCUT2D eigenvalue weighted by Crippen LogP contribution is 2.35. The molecule has 16 heavy (non-hydrogen) atoms. The fourth-order valence-electron chi connectivity index (χ4n) is 0.710. The highest BCUT2D eigenvalue weighted by molar-refractivity contribution is 7.95. The van der Waals surface area contributed by atoms with E-state index in [1.54, 1.807) is 0 Å². The monoisotopic (exact) mass is 258 g/mol. The number of halogens is 3. The van der Waals surface area contributed by atoms with Gasteiger partial charge in [0.25, 0.3) is 0 Å². The highest BCUT2D eigenvalue weighted by Gasteiger charge is 2.41. The maximum Gasteiger partial charge on any atom is 0.348 e. The Morgan fingerprint density at radius 2 is 2.12 bits per heavy atom. The first-order chi connectivity index (χ1) is 7.31. The van der Waals surface area contributed by atoms with Crippen LogP contribution in [0.2, 0.25) is 0 Å². The Labute approximate surface area is 96.2 Å². The van der Waals surface area contributed by atoms with Crippen LogP contribution >= 0.6 is 12.0 Å². The molecule has 0 heterocycles. The van der Waals surface area contributed by atoms with Gasteiger partial charge in [-0.15, -0.1) is 0 Å². The summed E-state index contributed by atoms with van der Waals surface area (Å²) in [6, 6.07) is 0. The lowest BCUT2D eigenvalue weighted by Crippen LogP contribution is -2.28. The van der Waals surface area contributed by atoms with Crippen molar-refractivity contribution in [3.63, 3.8) is 0 Å². The average molecular weight is 258 g/mol. The zero-order chi connectivity index (χ0) is 12.8. The summed E-state index contributed by atoms with van der Waals surface area (Å²) in [5.74, 6) is -0.727. The van der Waals surface area contributed by atoms with Crippen LogP contribution in [0.1, 0.15) is 13.3 Å². The standard InChI is InChI=1S/C9H13F3O3S/c1-6(2)8(13)15-5-4-7(10)9(11,12)16-14-3/h7H,1,4-5H2,2-3H3. The van der Waals surface area contributed by atoms with E-state index in [-0.39, 0.29) is 17.6 Å². The van der Waals surface area contributed by atoms with Crippen molar-refractivity contribution < 1.29 is 26.9 Å². The van der Waals surface area contributed by atoms with E-state index in [4.69, 9.17) is 0 Å². The summed E-state index contributed by atoms with van der Waals surface area (Å²) < 4.78 is 47.1. The number of ether oxygens (including phenoxy) is 1. The molecule has 0 N–H and O–H groups in total. The molecule has 0 aromatic carbocycles. The van der Waals surface area contributed by atoms with Crippen LogP contribution in [-0.2, 0) is 13.7 Å². The fourth-order valence-corrected chi connectivity index (χ4v) is 1.15. The van der Waals surface area contributed by atoms with E-state index in [0.29, 0.717) is 0 Å². The molecule has 0 aromatic heterocycles. The van der Waals surface area contributed by atoms with Crippen LogP contribution in [0.5, 0.6) is 0 Å². The molecule has 0 amide bonds. The Morgan fingerprint density at radius 1 is 1.56 bits per heavy atom. The summed E-state index contributed by atoms with van der Waals surface area (Å²) in [5, 5.41) is -3.65. The van der Waals surface area contributed by atoms with Crippen molar-refractivity contribution in [2.24, 2.45) is 0 Å². The summed E-state index contributed by atoms with van der Waals surface area (Å²) in [4.78, 5) is 10.8. The van der Waals surface area contributed by atoms with E-state index in [2.05, 4.69) is 15.5 Å². The van der Waals surface area contributed by atoms with Gasteiger partial charge >= 0.3 is 11.2 Å². The number of hydrogen-bond donors (Lipinski definition) is 0. The van der Waals surface area contributed by atoms with Gasteiger partial charge in [0.1, 0.15) is 0 Å². The SMILES string of the molecule is C=C(C)C(=O)OCCC(F)C(F)(F)SOC. The van der Waals surface area contributed by atoms with Gasteiger partial charge in [0.15, 0.2) is 6.17 Å². The van der Waals surface area contributed by atoms with Crippen LogP contribution in [0.3, 0.4) is 0 Å². The maximum absolute atomic E-state index is 13.0. The molecular weight excluding hydrogens is 245 g/mol. The Kier molecular flexibility index (Phi) is 6.51. The summed E-state index contributed by atoms with van der Waals surface area (Å²) in [5.41, 5.74) is 0.133. The predicted molar refractivity (Wildman–Crippen MR) is 54.8 cm³/mol. The molecule has 0 saturated carbocycles. The lowest BCUT2D eigenvalue weighted by molar-refractivity contribution is -0.140. The molecule has 0 aliphatic carbocycles. The molecule has 0 rings (SSSR count). The molecule has 1 unspecified atom stereocenters. The van der Waals surface area contributed by atoms with Gasteiger partial charge in [-0.2, -0.15) is 8.78 Å². The number of alkyl halides is 3. The van der Waals surface area contributed by atoms with Gasteiger partial charge in [-0.25, -0.2) is 9.18 Å². The summed E-state index contributed by atoms with van der Waals surface area (Å²) in [7, 11) is 1.02. The Balaban J connectivity index is 3.93. The summed E-state index contributed by atoms with van der Waals surface area (Å²) in [6.45, 7) is 4.27. The van der Waals surface area contributed by atoms with Crippen molar-refractivity contribution in [1.29, 1.82) is 0 Å². The zero-order valence-corrected chi connectivity index (χ0v) is 9.78. The van der Waals surface area contributed by atoms with Crippen LogP contribution in [0.25, 0.3) is 0 Å². The number of carbonyl (C=O) groups is 1. The van der Waals surface area contributed by atoms with E-state index in [1.807, 2.05) is 0 Å². The molecule has 0 spiro atoms. The number of hydrogen-bond acceptors (Lipinski definition) is 4. The van der Waals surface area contributed by atoms with Crippen molar-refractivity contribution >= 4 is 18.0 Å². The van der Waals surface area contributed by atoms with E-state index in [0.717, 1.165) is 7.11 Å². The molecule has 0 saturated heterocycles. The minimum Gasteiger partial charge on any atom is -0.462 e. The van der Waals surface area contributed by atoms with Crippen molar-refractivity contribution in [2.75, 3.05) is 13.7 Å². The van der Waals surface area contributed by atoms with Gasteiger partial charge in [0.2, 0.25) is 0 Å². The Hall–Kier alpha value is -0.690. The first-order valence-electron chi connectivity index (χ1n) is 4.37. The van der Waals surface area contributed by atoms with Gasteiger partial charge in [0, 0.05) is 12.0 Å². The normalized spacial score (nSPS) is 13.3. The molecule has 0 aromatic rings. The minimum atomic E-state index is -3.65. The fraction of sp³-hybridized carbons (Fsp3) is 0.667. The molecule has 0 aliphatic heterocycles. The maximum atomic E-state index is 13.0. The van der Waals surface area contributed by atoms with Crippen molar-refractivity contribution in [3.05, 3.63) is 12.2 Å². The van der Waals surface area contributed by atoms with Gasteiger partial charge in [-0.3, -0.25) is 0 Å². The largest absolute Gasteiger partial charge is 0.462 e. The van der Waals surface area contributed by atoms with E-state index in [1.165, 1.54) is 6.92 Å². The Morgan fingerprint density at radius 3 is 2.56 bits per heavy atom. The molecule has 0 bridgehead atoms. The molecule has 1 atom stereocenters. The zero-order valence-electron chi connectivity index (χ0n) is 8.97. The van der Waals surface area contributed by atoms with Gasteiger partial charge in [-0.1, -0.05) is 6.58 Å². The third-order valence-electron chi connectivity index (χ3n) is 1.51. The van der Waals surface area contributed by atoms with Crippen LogP contribution < -0.4 is 0 Å². The number of esters is 1. The Bertz CT molecular complexity index is 258. The van der Waals surface area contributed by atoms with Crippen LogP contribution in [0.15, 0.2) is 12.2 Å². The second kappa shape index (κ2) is 6.80. The molecule has 94 valence electrons. The minimum absolute atomic E-state index is 0.133. The third-order valence-corrected chi connectivity index (χ3v) is 2.16. The smallest absolute Gasteiger partial charge is 0.348 e. The van der Waals surface area contributed by atoms with E-state index < -0.39 is 30.4 Å². The topological polar surface area (TPSA) is 35.5 Å². The molecule has 0 aliphatic rings. The van der Waals surface area contributed by atoms with Gasteiger partial charge in [-0.05, 0) is 6.92 Å². The molecule has 7 heteroatoms. The molecule has 0 fully saturated rings. The second-order valence-corrected chi connectivity index (χ2v) is 4.03. The number of carbonyl (C=O) groups excluding carboxylic acids is 1. The first kappa shape index (κ1) is 15.3. The molecule has 0 radical (unpaired) electrons. The number of rotatable bonds is 7. The molecular formula is C9H13F3O3S. The quantitative estimate of drug-likeness (QED) is 0.399. The van der Waals surface area contributed by atoms with Gasteiger partial charge < -0.3 is 8.92 Å². The highest BCUT2D eigenvalue weighted by atomic mass is 32.2. The second-order valence-electron chi connectivity index (χ2n) is 2.98. The van der Waals surface area contributed by atoms with Crippen LogP contribution in [0.4, 0.5) is 13.2 Å². The lowest BCUT2D eigenvalue weighted by Gasteiger charge is -2.18. The predicted octanol–water partition coefficient (Wildman–Crippen LogP) is 2.72. The summed E-state index contributed by atoms with van der Waals surface area (Å²) >= 11 is -0.260. The van der Waals surface area contributed by atoms with Crippen molar-refractivity contribution in [2.45, 2.75) is 24.8 Å². The summed E-state index contributed by atoms with van der Waals surface area (Å²) in [6.07, 6.45) is -3.03. The average Bonchev–Trinajstić information content (AvgIpc) is 2.16. The van der Waals surface area contributed by atoms with E-state index >= 15 is 0 Å². The first-order valence-corrected chi connectivity index (χ1v) is 5.11. The van der Waals surface area contributed by atoms with Crippen molar-refractivity contribution in [1.82, 2.24) is 0 Å². The van der Waals surface area contributed by atoms with Gasteiger partial charge in [0.05, 0.1) is 25.8 Å². The lowest BCUT2D eigenvalue weighted by atomic mass is 10.3. The van der Waals surface area contributed by atoms with Crippen LogP contribution in [0, 0.1) is 0 Å².